The van der Waals surface area contributed by atoms with Gasteiger partial charge in [-0.25, -0.2) is 14.2 Å². The molecule has 2 heterocycles. The van der Waals surface area contributed by atoms with Crippen LogP contribution in [-0.4, -0.2) is 71.6 Å². The summed E-state index contributed by atoms with van der Waals surface area (Å²) in [5.41, 5.74) is -2.59. The minimum Gasteiger partial charge on any atom is -0.506 e. The van der Waals surface area contributed by atoms with E-state index in [1.165, 1.54) is 62.4 Å². The predicted molar refractivity (Wildman–Crippen MR) is 247 cm³/mol. The number of nitro benzene ring substituents is 2. The standard InChI is InChI=1S/C41H30N12O15S2/c1-19-35(44-46-37-27-11-9-25(52(59)60)15-29(27)33(17-31(37)54)69(63,64)65)39(56)50(48-19)23-7-3-5-21(13-23)42-41(58)43-22-6-4-8-24(14-22)51-40(57)36(20(2)49-51)45-47-38-28-12-10-26(53(61)62)16-30(28)34(18-32(38)55)70(66,67)68/h3-18,48-49,54-55H,1-2H3,(H2,42,43,58)(H,63,64,65)(H,66,67,68). The number of non-ortho nitro benzene ring substituents is 2. The highest BCUT2D eigenvalue weighted by Gasteiger charge is 2.25. The fourth-order valence-electron chi connectivity index (χ4n) is 7.18. The van der Waals surface area contributed by atoms with Gasteiger partial charge in [-0.05, 0) is 62.4 Å². The first-order chi connectivity index (χ1) is 33.0. The van der Waals surface area contributed by atoms with Crippen LogP contribution >= 0.6 is 0 Å². The fraction of sp³-hybridized carbons (Fsp3) is 0.0488. The summed E-state index contributed by atoms with van der Waals surface area (Å²) >= 11 is 0. The molecule has 0 spiro atoms. The fourth-order valence-corrected chi connectivity index (χ4v) is 8.59. The monoisotopic (exact) mass is 994 g/mol. The molecule has 0 fully saturated rings. The number of anilines is 2. The molecule has 0 bridgehead atoms. The number of urea groups is 1. The minimum atomic E-state index is -4.97. The molecule has 356 valence electrons. The number of hydrogen-bond acceptors (Lipinski definition) is 17. The molecule has 8 aromatic rings. The van der Waals surface area contributed by atoms with Crippen molar-refractivity contribution in [3.05, 3.63) is 149 Å². The van der Waals surface area contributed by atoms with Crippen molar-refractivity contribution < 1.29 is 50.8 Å². The number of azo groups is 2. The largest absolute Gasteiger partial charge is 0.506 e. The Hall–Kier alpha value is -9.45. The van der Waals surface area contributed by atoms with Crippen LogP contribution in [0.5, 0.6) is 11.5 Å². The number of carbonyl (C=O) groups excluding carboxylic acids is 1. The molecule has 27 nitrogen and oxygen atoms in total. The Balaban J connectivity index is 1.01. The zero-order valence-corrected chi connectivity index (χ0v) is 37.0. The van der Waals surface area contributed by atoms with Crippen LogP contribution in [0.2, 0.25) is 0 Å². The van der Waals surface area contributed by atoms with Crippen LogP contribution in [0.4, 0.5) is 50.3 Å². The van der Waals surface area contributed by atoms with Gasteiger partial charge in [0.05, 0.1) is 32.6 Å². The minimum absolute atomic E-state index is 0.148. The number of aryl methyl sites for hydroxylation is 2. The highest BCUT2D eigenvalue weighted by atomic mass is 32.2. The van der Waals surface area contributed by atoms with E-state index < -0.39 is 79.9 Å². The molecule has 8 N–H and O–H groups in total. The highest BCUT2D eigenvalue weighted by Crippen LogP contribution is 2.43. The number of aromatic hydroxyl groups is 2. The normalized spacial score (nSPS) is 12.1. The van der Waals surface area contributed by atoms with Crippen molar-refractivity contribution in [2.75, 3.05) is 10.6 Å². The third kappa shape index (κ3) is 9.03. The van der Waals surface area contributed by atoms with E-state index in [9.17, 15) is 70.8 Å². The van der Waals surface area contributed by atoms with Crippen LogP contribution < -0.4 is 21.8 Å². The summed E-state index contributed by atoms with van der Waals surface area (Å²) in [4.78, 5) is 60.0. The van der Waals surface area contributed by atoms with Gasteiger partial charge in [-0.1, -0.05) is 12.1 Å². The van der Waals surface area contributed by atoms with Gasteiger partial charge in [0, 0.05) is 69.3 Å². The molecule has 70 heavy (non-hydrogen) atoms. The number of aromatic nitrogens is 4. The van der Waals surface area contributed by atoms with Crippen LogP contribution in [-0.2, 0) is 20.2 Å². The van der Waals surface area contributed by atoms with Crippen molar-refractivity contribution >= 4 is 93.3 Å². The quantitative estimate of drug-likeness (QED) is 0.0251. The smallest absolute Gasteiger partial charge is 0.323 e. The Morgan fingerprint density at radius 3 is 1.30 bits per heavy atom. The lowest BCUT2D eigenvalue weighted by Gasteiger charge is -2.10. The first kappa shape index (κ1) is 47.1. The van der Waals surface area contributed by atoms with Gasteiger partial charge < -0.3 is 20.8 Å². The average molecular weight is 995 g/mol. The summed E-state index contributed by atoms with van der Waals surface area (Å²) in [6.45, 7) is 2.96. The number of aromatic amines is 2. The molecule has 2 aromatic heterocycles. The lowest BCUT2D eigenvalue weighted by molar-refractivity contribution is -0.384. The number of phenolic OH excluding ortho intramolecular Hbond substituents is 2. The number of nitrogens with zero attached hydrogens (tertiary/aromatic N) is 8. The molecule has 0 aliphatic rings. The number of nitrogens with one attached hydrogen (secondary N) is 4. The molecular weight excluding hydrogens is 965 g/mol. The van der Waals surface area contributed by atoms with Crippen molar-refractivity contribution in [2.45, 2.75) is 23.6 Å². The van der Waals surface area contributed by atoms with Crippen LogP contribution in [0.3, 0.4) is 0 Å². The number of carbonyl (C=O) groups is 1. The van der Waals surface area contributed by atoms with E-state index in [4.69, 9.17) is 0 Å². The summed E-state index contributed by atoms with van der Waals surface area (Å²) in [5.74, 6) is -1.55. The summed E-state index contributed by atoms with van der Waals surface area (Å²) in [6.07, 6.45) is 0. The molecule has 0 saturated heterocycles. The van der Waals surface area contributed by atoms with Gasteiger partial charge in [0.15, 0.2) is 11.4 Å². The third-order valence-corrected chi connectivity index (χ3v) is 12.1. The summed E-state index contributed by atoms with van der Waals surface area (Å²) < 4.78 is 69.9. The maximum atomic E-state index is 13.6. The molecule has 6 aromatic carbocycles. The van der Waals surface area contributed by atoms with Crippen LogP contribution in [0.25, 0.3) is 32.9 Å². The average Bonchev–Trinajstić information content (AvgIpc) is 3.75. The molecule has 29 heteroatoms. The van der Waals surface area contributed by atoms with Crippen molar-refractivity contribution in [3.8, 4) is 22.9 Å². The number of fused-ring (bicyclic) bond motifs is 2. The zero-order chi connectivity index (χ0) is 50.6. The van der Waals surface area contributed by atoms with Crippen molar-refractivity contribution in [3.63, 3.8) is 0 Å². The Labute approximate surface area is 389 Å². The van der Waals surface area contributed by atoms with Crippen LogP contribution in [0.1, 0.15) is 11.4 Å². The Morgan fingerprint density at radius 2 is 0.943 bits per heavy atom. The first-order valence-corrected chi connectivity index (χ1v) is 22.5. The Kier molecular flexibility index (Phi) is 11.9. The summed E-state index contributed by atoms with van der Waals surface area (Å²) in [5, 5.41) is 70.0. The molecule has 0 aliphatic heterocycles. The molecule has 0 aliphatic carbocycles. The molecule has 8 rings (SSSR count). The van der Waals surface area contributed by atoms with Crippen LogP contribution in [0.15, 0.2) is 137 Å². The van der Waals surface area contributed by atoms with Gasteiger partial charge in [0.1, 0.15) is 32.7 Å². The lowest BCUT2D eigenvalue weighted by Crippen LogP contribution is -2.20. The van der Waals surface area contributed by atoms with Gasteiger partial charge in [-0.2, -0.15) is 16.8 Å². The SMILES string of the molecule is Cc1[nH]n(-c2cccc(NC(=O)Nc3cccc(-n4[nH]c(C)c(N=Nc5c(O)cc(S(=O)(=O)O)c6cc([N+](=O)[O-])ccc56)c4=O)c3)c2)c(=O)c1N=Nc1c(O)cc(S(=O)(=O)O)c2cc([N+](=O)[O-])ccc12. The van der Waals surface area contributed by atoms with Gasteiger partial charge in [-0.3, -0.25) is 49.1 Å². The second-order valence-electron chi connectivity index (χ2n) is 14.9. The van der Waals surface area contributed by atoms with Crippen molar-refractivity contribution in [2.24, 2.45) is 20.5 Å². The van der Waals surface area contributed by atoms with Crippen LogP contribution in [0, 0.1) is 34.1 Å². The molecule has 2 amide bonds. The number of benzene rings is 6. The topological polar surface area (TPSA) is 402 Å². The van der Waals surface area contributed by atoms with E-state index in [1.54, 1.807) is 0 Å². The third-order valence-electron chi connectivity index (χ3n) is 10.4. The predicted octanol–water partition coefficient (Wildman–Crippen LogP) is 7.76. The number of rotatable bonds is 12. The Morgan fingerprint density at radius 1 is 0.571 bits per heavy atom. The van der Waals surface area contributed by atoms with E-state index in [0.717, 1.165) is 45.8 Å². The van der Waals surface area contributed by atoms with E-state index >= 15 is 0 Å². The second kappa shape index (κ2) is 17.6. The highest BCUT2D eigenvalue weighted by molar-refractivity contribution is 7.86. The number of hydrogen-bond donors (Lipinski definition) is 8. The summed E-state index contributed by atoms with van der Waals surface area (Å²) in [7, 11) is -9.95. The van der Waals surface area contributed by atoms with Gasteiger partial charge in [0.25, 0.3) is 42.7 Å². The van der Waals surface area contributed by atoms with Crippen molar-refractivity contribution in [1.29, 1.82) is 0 Å². The maximum absolute atomic E-state index is 13.6. The van der Waals surface area contributed by atoms with Gasteiger partial charge in [0.2, 0.25) is 0 Å². The lowest BCUT2D eigenvalue weighted by atomic mass is 10.1. The van der Waals surface area contributed by atoms with Gasteiger partial charge >= 0.3 is 6.03 Å². The molecule has 0 unspecified atom stereocenters. The molecular formula is C41H30N12O15S2. The second-order valence-corrected chi connectivity index (χ2v) is 17.7. The number of amides is 2. The molecule has 0 radical (unpaired) electrons. The number of H-pyrrole nitrogens is 2. The van der Waals surface area contributed by atoms with E-state index in [-0.39, 0.29) is 78.4 Å². The zero-order valence-electron chi connectivity index (χ0n) is 35.4. The molecule has 0 saturated carbocycles. The first-order valence-electron chi connectivity index (χ1n) is 19.6. The number of phenols is 2. The van der Waals surface area contributed by atoms with E-state index in [0.29, 0.717) is 12.1 Å². The summed E-state index contributed by atoms with van der Waals surface area (Å²) in [6, 6.07) is 18.5. The van der Waals surface area contributed by atoms with Gasteiger partial charge in [-0.15, -0.1) is 20.5 Å². The Bertz CT molecular complexity index is 3730. The maximum Gasteiger partial charge on any atom is 0.323 e. The number of nitro groups is 2. The van der Waals surface area contributed by atoms with E-state index in [1.807, 2.05) is 0 Å². The van der Waals surface area contributed by atoms with E-state index in [2.05, 4.69) is 41.3 Å². The van der Waals surface area contributed by atoms with Crippen molar-refractivity contribution in [1.82, 2.24) is 19.6 Å². The molecule has 0 atom stereocenters.